The van der Waals surface area contributed by atoms with Gasteiger partial charge in [-0.2, -0.15) is 0 Å². The Kier molecular flexibility index (Phi) is 5.82. The van der Waals surface area contributed by atoms with E-state index < -0.39 is 9.84 Å². The Bertz CT molecular complexity index is 451. The third-order valence-corrected chi connectivity index (χ3v) is 3.91. The Labute approximate surface area is 111 Å². The van der Waals surface area contributed by atoms with Crippen LogP contribution in [-0.2, 0) is 16.3 Å². The van der Waals surface area contributed by atoms with Gasteiger partial charge in [-0.1, -0.05) is 36.8 Å². The molecule has 0 aliphatic heterocycles. The van der Waals surface area contributed by atoms with Gasteiger partial charge in [0.05, 0.1) is 5.75 Å². The molecule has 0 spiro atoms. The zero-order chi connectivity index (χ0) is 13.6. The summed E-state index contributed by atoms with van der Waals surface area (Å²) in [6.45, 7) is 4.97. The average Bonchev–Trinajstić information content (AvgIpc) is 2.28. The normalized spacial score (nSPS) is 13.5. The van der Waals surface area contributed by atoms with Gasteiger partial charge in [-0.3, -0.25) is 0 Å². The maximum atomic E-state index is 11.2. The van der Waals surface area contributed by atoms with Gasteiger partial charge < -0.3 is 5.32 Å². The number of sulfone groups is 1. The van der Waals surface area contributed by atoms with E-state index in [4.69, 9.17) is 0 Å². The van der Waals surface area contributed by atoms with Gasteiger partial charge in [-0.15, -0.1) is 0 Å². The first-order valence-electron chi connectivity index (χ1n) is 6.37. The third kappa shape index (κ3) is 6.17. The summed E-state index contributed by atoms with van der Waals surface area (Å²) >= 11 is 0. The van der Waals surface area contributed by atoms with Gasteiger partial charge in [0.25, 0.3) is 0 Å². The quantitative estimate of drug-likeness (QED) is 0.823. The molecule has 1 aromatic rings. The van der Waals surface area contributed by atoms with Gasteiger partial charge >= 0.3 is 0 Å². The molecule has 0 amide bonds. The number of hydrogen-bond donors (Lipinski definition) is 1. The Morgan fingerprint density at radius 2 is 1.83 bits per heavy atom. The van der Waals surface area contributed by atoms with Crippen molar-refractivity contribution in [2.45, 2.75) is 32.7 Å². The minimum Gasteiger partial charge on any atom is -0.314 e. The highest BCUT2D eigenvalue weighted by Gasteiger charge is 2.12. The average molecular weight is 269 g/mol. The highest BCUT2D eigenvalue weighted by molar-refractivity contribution is 7.90. The molecule has 0 saturated heterocycles. The van der Waals surface area contributed by atoms with Crippen LogP contribution in [0.4, 0.5) is 0 Å². The molecule has 1 rings (SSSR count). The zero-order valence-corrected chi connectivity index (χ0v) is 12.3. The van der Waals surface area contributed by atoms with Crippen LogP contribution in [-0.4, -0.2) is 33.0 Å². The molecule has 0 heterocycles. The molecule has 0 fully saturated rings. The Balaban J connectivity index is 2.59. The maximum Gasteiger partial charge on any atom is 0.147 e. The Morgan fingerprint density at radius 1 is 1.22 bits per heavy atom. The van der Waals surface area contributed by atoms with E-state index in [2.05, 4.69) is 36.5 Å². The topological polar surface area (TPSA) is 46.2 Å². The van der Waals surface area contributed by atoms with Crippen molar-refractivity contribution in [2.75, 3.05) is 18.6 Å². The van der Waals surface area contributed by atoms with Crippen LogP contribution in [0.1, 0.15) is 24.5 Å². The number of nitrogens with one attached hydrogen (secondary N) is 1. The molecular formula is C14H23NO2S. The molecule has 0 bridgehead atoms. The zero-order valence-electron chi connectivity index (χ0n) is 11.4. The molecule has 18 heavy (non-hydrogen) atoms. The summed E-state index contributed by atoms with van der Waals surface area (Å²) in [6, 6.07) is 8.64. The second kappa shape index (κ2) is 6.90. The molecule has 0 saturated carbocycles. The van der Waals surface area contributed by atoms with Crippen LogP contribution in [0.25, 0.3) is 0 Å². The van der Waals surface area contributed by atoms with Crippen LogP contribution < -0.4 is 5.32 Å². The lowest BCUT2D eigenvalue weighted by molar-refractivity contribution is 0.506. The first kappa shape index (κ1) is 15.2. The first-order valence-corrected chi connectivity index (χ1v) is 8.43. The lowest BCUT2D eigenvalue weighted by Gasteiger charge is -2.17. The van der Waals surface area contributed by atoms with Crippen molar-refractivity contribution in [1.29, 1.82) is 0 Å². The highest BCUT2D eigenvalue weighted by Crippen LogP contribution is 2.09. The first-order chi connectivity index (χ1) is 8.40. The van der Waals surface area contributed by atoms with Crippen molar-refractivity contribution in [1.82, 2.24) is 5.32 Å². The smallest absolute Gasteiger partial charge is 0.147 e. The molecule has 1 unspecified atom stereocenters. The van der Waals surface area contributed by atoms with E-state index in [1.807, 2.05) is 6.92 Å². The predicted octanol–water partition coefficient (Wildman–Crippen LogP) is 1.95. The largest absolute Gasteiger partial charge is 0.314 e. The van der Waals surface area contributed by atoms with E-state index in [1.165, 1.54) is 17.4 Å². The summed E-state index contributed by atoms with van der Waals surface area (Å²) in [5.74, 6) is 0.247. The van der Waals surface area contributed by atoms with E-state index in [0.29, 0.717) is 6.42 Å². The van der Waals surface area contributed by atoms with Crippen molar-refractivity contribution >= 4 is 9.84 Å². The molecule has 1 N–H and O–H groups in total. The van der Waals surface area contributed by atoms with Crippen molar-refractivity contribution in [3.63, 3.8) is 0 Å². The number of rotatable bonds is 7. The fourth-order valence-corrected chi connectivity index (χ4v) is 2.64. The van der Waals surface area contributed by atoms with E-state index in [-0.39, 0.29) is 11.8 Å². The summed E-state index contributed by atoms with van der Waals surface area (Å²) in [7, 11) is -2.88. The monoisotopic (exact) mass is 269 g/mol. The highest BCUT2D eigenvalue weighted by atomic mass is 32.2. The van der Waals surface area contributed by atoms with Crippen molar-refractivity contribution < 1.29 is 8.42 Å². The second-order valence-corrected chi connectivity index (χ2v) is 7.12. The molecule has 0 aliphatic carbocycles. The van der Waals surface area contributed by atoms with Crippen molar-refractivity contribution in [3.05, 3.63) is 35.4 Å². The van der Waals surface area contributed by atoms with Gasteiger partial charge in [0.1, 0.15) is 9.84 Å². The lowest BCUT2D eigenvalue weighted by Crippen LogP contribution is -2.32. The van der Waals surface area contributed by atoms with Gasteiger partial charge in [0.2, 0.25) is 0 Å². The summed E-state index contributed by atoms with van der Waals surface area (Å²) in [5, 5.41) is 3.35. The van der Waals surface area contributed by atoms with Crippen LogP contribution in [0.5, 0.6) is 0 Å². The van der Waals surface area contributed by atoms with Crippen LogP contribution in [0.15, 0.2) is 24.3 Å². The summed E-state index contributed by atoms with van der Waals surface area (Å²) in [4.78, 5) is 0. The number of benzene rings is 1. The number of hydrogen-bond acceptors (Lipinski definition) is 3. The number of likely N-dealkylation sites (N-methyl/N-ethyl adjacent to an activating group) is 1. The molecule has 1 atom stereocenters. The molecule has 0 aromatic heterocycles. The van der Waals surface area contributed by atoms with E-state index in [9.17, 15) is 8.42 Å². The second-order valence-electron chi connectivity index (χ2n) is 4.86. The van der Waals surface area contributed by atoms with Crippen molar-refractivity contribution in [3.8, 4) is 0 Å². The Hall–Kier alpha value is -0.870. The molecule has 3 nitrogen and oxygen atoms in total. The van der Waals surface area contributed by atoms with Gasteiger partial charge in [-0.05, 0) is 31.9 Å². The summed E-state index contributed by atoms with van der Waals surface area (Å²) < 4.78 is 22.4. The maximum absolute atomic E-state index is 11.2. The molecule has 4 heteroatoms. The predicted molar refractivity (Wildman–Crippen MR) is 76.7 cm³/mol. The van der Waals surface area contributed by atoms with Gasteiger partial charge in [0.15, 0.2) is 0 Å². The van der Waals surface area contributed by atoms with Crippen LogP contribution in [0, 0.1) is 6.92 Å². The summed E-state index contributed by atoms with van der Waals surface area (Å²) in [6.07, 6.45) is 2.84. The molecule has 0 radical (unpaired) electrons. The van der Waals surface area contributed by atoms with E-state index in [1.54, 1.807) is 0 Å². The van der Waals surface area contributed by atoms with Crippen molar-refractivity contribution in [2.24, 2.45) is 0 Å². The van der Waals surface area contributed by atoms with Crippen LogP contribution in [0.2, 0.25) is 0 Å². The molecule has 0 aliphatic rings. The van der Waals surface area contributed by atoms with Crippen LogP contribution >= 0.6 is 0 Å². The summed E-state index contributed by atoms with van der Waals surface area (Å²) in [5.41, 5.74) is 2.50. The minimum absolute atomic E-state index is 0.229. The van der Waals surface area contributed by atoms with E-state index >= 15 is 0 Å². The van der Waals surface area contributed by atoms with Crippen LogP contribution in [0.3, 0.4) is 0 Å². The molecule has 1 aromatic carbocycles. The van der Waals surface area contributed by atoms with E-state index in [0.717, 1.165) is 13.0 Å². The third-order valence-electron chi connectivity index (χ3n) is 2.93. The Morgan fingerprint density at radius 3 is 2.33 bits per heavy atom. The SMILES string of the molecule is CCNC(CCS(C)(=O)=O)Cc1ccc(C)cc1. The fourth-order valence-electron chi connectivity index (χ4n) is 1.93. The van der Waals surface area contributed by atoms with Gasteiger partial charge in [0, 0.05) is 12.3 Å². The fraction of sp³-hybridized carbons (Fsp3) is 0.571. The minimum atomic E-state index is -2.88. The lowest BCUT2D eigenvalue weighted by atomic mass is 10.0. The molecular weight excluding hydrogens is 246 g/mol. The molecule has 102 valence electrons. The number of aryl methyl sites for hydroxylation is 1. The standard InChI is InChI=1S/C14H23NO2S/c1-4-15-14(9-10-18(3,16)17)11-13-7-5-12(2)6-8-13/h5-8,14-15H,4,9-11H2,1-3H3. The van der Waals surface area contributed by atoms with Gasteiger partial charge in [-0.25, -0.2) is 8.42 Å².